The number of hydrogen-bond acceptors (Lipinski definition) is 2. The summed E-state index contributed by atoms with van der Waals surface area (Å²) in [5.41, 5.74) is 1.10. The van der Waals surface area contributed by atoms with Crippen LogP contribution in [0.5, 0.6) is 0 Å². The van der Waals surface area contributed by atoms with Crippen LogP contribution >= 0.6 is 0 Å². The predicted octanol–water partition coefficient (Wildman–Crippen LogP) is 2.35. The fourth-order valence-corrected chi connectivity index (χ4v) is 3.25. The Bertz CT molecular complexity index is 197. The number of likely N-dealkylation sites (tertiary alicyclic amines) is 1. The summed E-state index contributed by atoms with van der Waals surface area (Å²) in [5, 5.41) is 3.60. The van der Waals surface area contributed by atoms with Gasteiger partial charge in [0.2, 0.25) is 0 Å². The van der Waals surface area contributed by atoms with Crippen molar-refractivity contribution in [3.05, 3.63) is 0 Å². The second-order valence-corrected chi connectivity index (χ2v) is 5.93. The minimum atomic E-state index is 0.503. The third kappa shape index (κ3) is 3.18. The van der Waals surface area contributed by atoms with Crippen molar-refractivity contribution in [2.75, 3.05) is 33.2 Å². The first-order valence-electron chi connectivity index (χ1n) is 6.41. The Balaban J connectivity index is 0.000000531. The Morgan fingerprint density at radius 2 is 1.80 bits per heavy atom. The van der Waals surface area contributed by atoms with Gasteiger partial charge in [0.25, 0.3) is 0 Å². The van der Waals surface area contributed by atoms with E-state index >= 15 is 0 Å². The molecule has 1 N–H and O–H groups in total. The van der Waals surface area contributed by atoms with Gasteiger partial charge in [-0.15, -0.1) is 0 Å². The maximum absolute atomic E-state index is 3.60. The summed E-state index contributed by atoms with van der Waals surface area (Å²) in [7, 11) is 2.25. The zero-order valence-corrected chi connectivity index (χ0v) is 11.2. The smallest absolute Gasteiger partial charge is 0.00478 e. The fraction of sp³-hybridized carbons (Fsp3) is 1.00. The van der Waals surface area contributed by atoms with Crippen LogP contribution in [0.1, 0.15) is 40.5 Å². The standard InChI is InChI=1S/C11H22N2.C2H6/c1-10(2)6-11(8-12-7-10)4-5-13(3)9-11;1-2/h12H,4-9H2,1-3H3;1-2H3. The molecule has 1 spiro atoms. The summed E-state index contributed by atoms with van der Waals surface area (Å²) in [6.45, 7) is 13.8. The number of hydrogen-bond donors (Lipinski definition) is 1. The van der Waals surface area contributed by atoms with Gasteiger partial charge in [-0.3, -0.25) is 0 Å². The van der Waals surface area contributed by atoms with E-state index in [0.717, 1.165) is 0 Å². The molecule has 0 aliphatic carbocycles. The van der Waals surface area contributed by atoms with E-state index in [2.05, 4.69) is 31.1 Å². The lowest BCUT2D eigenvalue weighted by molar-refractivity contribution is 0.110. The molecule has 0 radical (unpaired) electrons. The maximum Gasteiger partial charge on any atom is 0.00478 e. The molecule has 0 aromatic heterocycles. The number of rotatable bonds is 0. The summed E-state index contributed by atoms with van der Waals surface area (Å²) in [5.74, 6) is 0. The van der Waals surface area contributed by atoms with Gasteiger partial charge in [-0.05, 0) is 37.3 Å². The number of piperidine rings is 1. The van der Waals surface area contributed by atoms with Gasteiger partial charge in [0.1, 0.15) is 0 Å². The van der Waals surface area contributed by atoms with Crippen molar-refractivity contribution in [3.63, 3.8) is 0 Å². The highest BCUT2D eigenvalue weighted by Crippen LogP contribution is 2.42. The van der Waals surface area contributed by atoms with E-state index in [1.165, 1.54) is 39.0 Å². The van der Waals surface area contributed by atoms with Crippen molar-refractivity contribution in [3.8, 4) is 0 Å². The van der Waals surface area contributed by atoms with E-state index in [1.54, 1.807) is 0 Å². The van der Waals surface area contributed by atoms with Crippen molar-refractivity contribution >= 4 is 0 Å². The number of nitrogens with one attached hydrogen (secondary N) is 1. The summed E-state index contributed by atoms with van der Waals surface area (Å²) in [4.78, 5) is 2.48. The summed E-state index contributed by atoms with van der Waals surface area (Å²) in [6, 6.07) is 0. The van der Waals surface area contributed by atoms with E-state index in [1.807, 2.05) is 13.8 Å². The Hall–Kier alpha value is -0.0800. The lowest BCUT2D eigenvalue weighted by Crippen LogP contribution is -2.49. The third-order valence-electron chi connectivity index (χ3n) is 3.59. The minimum Gasteiger partial charge on any atom is -0.316 e. The summed E-state index contributed by atoms with van der Waals surface area (Å²) < 4.78 is 0. The predicted molar refractivity (Wildman–Crippen MR) is 67.2 cm³/mol. The van der Waals surface area contributed by atoms with E-state index in [0.29, 0.717) is 10.8 Å². The lowest BCUT2D eigenvalue weighted by Gasteiger charge is -2.43. The van der Waals surface area contributed by atoms with Gasteiger partial charge >= 0.3 is 0 Å². The molecule has 1 unspecified atom stereocenters. The molecule has 0 saturated carbocycles. The molecule has 2 heteroatoms. The van der Waals surface area contributed by atoms with Crippen LogP contribution in [0.3, 0.4) is 0 Å². The molecule has 0 bridgehead atoms. The highest BCUT2D eigenvalue weighted by Gasteiger charge is 2.43. The average molecular weight is 212 g/mol. The van der Waals surface area contributed by atoms with Crippen LogP contribution < -0.4 is 5.32 Å². The molecule has 2 aliphatic heterocycles. The van der Waals surface area contributed by atoms with Crippen LogP contribution in [0.15, 0.2) is 0 Å². The van der Waals surface area contributed by atoms with Crippen LogP contribution in [0.25, 0.3) is 0 Å². The van der Waals surface area contributed by atoms with Gasteiger partial charge in [0.05, 0.1) is 0 Å². The molecule has 2 rings (SSSR count). The average Bonchev–Trinajstić information content (AvgIpc) is 2.48. The van der Waals surface area contributed by atoms with Crippen LogP contribution in [-0.2, 0) is 0 Å². The van der Waals surface area contributed by atoms with E-state index < -0.39 is 0 Å². The lowest BCUT2D eigenvalue weighted by atomic mass is 9.69. The summed E-state index contributed by atoms with van der Waals surface area (Å²) >= 11 is 0. The second-order valence-electron chi connectivity index (χ2n) is 5.93. The molecule has 1 atom stereocenters. The van der Waals surface area contributed by atoms with E-state index in [-0.39, 0.29) is 0 Å². The summed E-state index contributed by atoms with van der Waals surface area (Å²) in [6.07, 6.45) is 2.79. The van der Waals surface area contributed by atoms with E-state index in [4.69, 9.17) is 0 Å². The molecule has 0 aromatic rings. The van der Waals surface area contributed by atoms with Crippen LogP contribution in [0.4, 0.5) is 0 Å². The fourth-order valence-electron chi connectivity index (χ4n) is 3.25. The van der Waals surface area contributed by atoms with Crippen molar-refractivity contribution in [2.45, 2.75) is 40.5 Å². The first-order valence-corrected chi connectivity index (χ1v) is 6.41. The SMILES string of the molecule is CC.CN1CCC2(CNCC(C)(C)C2)C1. The quantitative estimate of drug-likeness (QED) is 0.663. The van der Waals surface area contributed by atoms with Crippen molar-refractivity contribution in [1.29, 1.82) is 0 Å². The molecule has 2 aliphatic rings. The molecule has 15 heavy (non-hydrogen) atoms. The molecule has 2 saturated heterocycles. The van der Waals surface area contributed by atoms with Gasteiger partial charge in [0, 0.05) is 19.6 Å². The maximum atomic E-state index is 3.60. The van der Waals surface area contributed by atoms with Gasteiger partial charge in [-0.25, -0.2) is 0 Å². The molecule has 0 aromatic carbocycles. The molecule has 2 fully saturated rings. The first-order chi connectivity index (χ1) is 7.02. The van der Waals surface area contributed by atoms with Crippen molar-refractivity contribution in [1.82, 2.24) is 10.2 Å². The largest absolute Gasteiger partial charge is 0.316 e. The molecular weight excluding hydrogens is 184 g/mol. The Morgan fingerprint density at radius 1 is 1.13 bits per heavy atom. The van der Waals surface area contributed by atoms with Crippen LogP contribution in [0.2, 0.25) is 0 Å². The second kappa shape index (κ2) is 4.84. The highest BCUT2D eigenvalue weighted by atomic mass is 15.1. The number of nitrogens with zero attached hydrogens (tertiary/aromatic N) is 1. The van der Waals surface area contributed by atoms with Gasteiger partial charge in [0.15, 0.2) is 0 Å². The van der Waals surface area contributed by atoms with Crippen molar-refractivity contribution in [2.24, 2.45) is 10.8 Å². The van der Waals surface area contributed by atoms with E-state index in [9.17, 15) is 0 Å². The Labute approximate surface area is 95.4 Å². The van der Waals surface area contributed by atoms with Gasteiger partial charge < -0.3 is 10.2 Å². The zero-order chi connectivity index (χ0) is 11.5. The minimum absolute atomic E-state index is 0.503. The first kappa shape index (κ1) is 13.0. The Morgan fingerprint density at radius 3 is 2.27 bits per heavy atom. The third-order valence-corrected chi connectivity index (χ3v) is 3.59. The van der Waals surface area contributed by atoms with Gasteiger partial charge in [-0.2, -0.15) is 0 Å². The highest BCUT2D eigenvalue weighted by molar-refractivity contribution is 4.98. The Kier molecular flexibility index (Phi) is 4.19. The van der Waals surface area contributed by atoms with Crippen molar-refractivity contribution < 1.29 is 0 Å². The van der Waals surface area contributed by atoms with Gasteiger partial charge in [-0.1, -0.05) is 27.7 Å². The molecular formula is C13H28N2. The molecule has 2 nitrogen and oxygen atoms in total. The normalized spacial score (nSPS) is 35.0. The zero-order valence-electron chi connectivity index (χ0n) is 11.2. The van der Waals surface area contributed by atoms with Crippen LogP contribution in [0, 0.1) is 10.8 Å². The molecule has 0 amide bonds. The molecule has 2 heterocycles. The monoisotopic (exact) mass is 212 g/mol. The topological polar surface area (TPSA) is 15.3 Å². The van der Waals surface area contributed by atoms with Crippen LogP contribution in [-0.4, -0.2) is 38.1 Å². The molecule has 90 valence electrons.